The highest BCUT2D eigenvalue weighted by atomic mass is 16.3. The van der Waals surface area contributed by atoms with E-state index in [0.29, 0.717) is 0 Å². The summed E-state index contributed by atoms with van der Waals surface area (Å²) < 4.78 is 0. The van der Waals surface area contributed by atoms with Crippen molar-refractivity contribution in [3.05, 3.63) is 60.2 Å². The van der Waals surface area contributed by atoms with Crippen molar-refractivity contribution in [3.63, 3.8) is 0 Å². The summed E-state index contributed by atoms with van der Waals surface area (Å²) in [6, 6.07) is 9.84. The number of allylic oxidation sites excluding steroid dienone is 2. The first-order chi connectivity index (χ1) is 7.24. The maximum Gasteiger partial charge on any atom is 0.108 e. The van der Waals surface area contributed by atoms with Crippen LogP contribution in [-0.4, -0.2) is 5.11 Å². The Kier molecular flexibility index (Phi) is 2.74. The van der Waals surface area contributed by atoms with E-state index in [1.165, 1.54) is 0 Å². The molecule has 0 spiro atoms. The number of aliphatic hydroxyl groups is 1. The molecule has 1 N–H and O–H groups in total. The topological polar surface area (TPSA) is 20.2 Å². The van der Waals surface area contributed by atoms with Gasteiger partial charge in [0.1, 0.15) is 5.60 Å². The normalized spacial score (nSPS) is 25.8. The van der Waals surface area contributed by atoms with Gasteiger partial charge in [0.05, 0.1) is 0 Å². The van der Waals surface area contributed by atoms with Gasteiger partial charge in [-0.25, -0.2) is 0 Å². The van der Waals surface area contributed by atoms with Gasteiger partial charge >= 0.3 is 0 Å². The van der Waals surface area contributed by atoms with Crippen LogP contribution >= 0.6 is 0 Å². The Bertz CT molecular complexity index is 378. The average molecular weight is 200 g/mol. The number of rotatable bonds is 2. The molecule has 1 aromatic rings. The van der Waals surface area contributed by atoms with E-state index in [1.807, 2.05) is 42.5 Å². The molecule has 1 aliphatic carbocycles. The lowest BCUT2D eigenvalue weighted by Gasteiger charge is -2.30. The molecule has 1 atom stereocenters. The van der Waals surface area contributed by atoms with Crippen molar-refractivity contribution in [2.24, 2.45) is 0 Å². The van der Waals surface area contributed by atoms with Crippen LogP contribution < -0.4 is 0 Å². The van der Waals surface area contributed by atoms with Crippen LogP contribution in [0.25, 0.3) is 0 Å². The summed E-state index contributed by atoms with van der Waals surface area (Å²) in [4.78, 5) is 0. The minimum absolute atomic E-state index is 0.789. The van der Waals surface area contributed by atoms with Crippen molar-refractivity contribution in [2.75, 3.05) is 0 Å². The summed E-state index contributed by atoms with van der Waals surface area (Å²) in [6.07, 6.45) is 6.63. The van der Waals surface area contributed by atoms with Crippen LogP contribution in [0.1, 0.15) is 24.8 Å². The van der Waals surface area contributed by atoms with Crippen molar-refractivity contribution >= 4 is 0 Å². The molecule has 1 aromatic carbocycles. The smallest absolute Gasteiger partial charge is 0.108 e. The third kappa shape index (κ3) is 2.02. The third-order valence-corrected chi connectivity index (χ3v) is 2.98. The molecule has 0 fully saturated rings. The first kappa shape index (κ1) is 10.2. The molecule has 0 radical (unpaired) electrons. The fraction of sp³-hybridized carbons (Fsp3) is 0.286. The largest absolute Gasteiger partial charge is 0.381 e. The summed E-state index contributed by atoms with van der Waals surface area (Å²) in [5.41, 5.74) is 1.33. The molecule has 2 rings (SSSR count). The highest BCUT2D eigenvalue weighted by Gasteiger charge is 2.28. The van der Waals surface area contributed by atoms with Crippen molar-refractivity contribution < 1.29 is 5.11 Å². The molecule has 78 valence electrons. The molecular formula is C14H16O. The Labute approximate surface area is 90.8 Å². The van der Waals surface area contributed by atoms with Gasteiger partial charge in [-0.2, -0.15) is 0 Å². The molecule has 1 unspecified atom stereocenters. The van der Waals surface area contributed by atoms with Crippen LogP contribution in [0.15, 0.2) is 54.6 Å². The molecule has 0 amide bonds. The van der Waals surface area contributed by atoms with Crippen LogP contribution in [0.3, 0.4) is 0 Å². The van der Waals surface area contributed by atoms with Crippen LogP contribution in [0.4, 0.5) is 0 Å². The van der Waals surface area contributed by atoms with E-state index < -0.39 is 5.60 Å². The molecular weight excluding hydrogens is 184 g/mol. The van der Waals surface area contributed by atoms with Gasteiger partial charge in [-0.15, -0.1) is 0 Å². The first-order valence-electron chi connectivity index (χ1n) is 5.37. The molecule has 0 bridgehead atoms. The van der Waals surface area contributed by atoms with Gasteiger partial charge in [0.2, 0.25) is 0 Å². The summed E-state index contributed by atoms with van der Waals surface area (Å²) >= 11 is 0. The molecule has 1 aliphatic rings. The zero-order valence-corrected chi connectivity index (χ0v) is 8.82. The first-order valence-corrected chi connectivity index (χ1v) is 5.37. The lowest BCUT2D eigenvalue weighted by molar-refractivity contribution is 0.0714. The van der Waals surface area contributed by atoms with Crippen molar-refractivity contribution in [2.45, 2.75) is 24.9 Å². The van der Waals surface area contributed by atoms with Gasteiger partial charge in [0.25, 0.3) is 0 Å². The second-order valence-corrected chi connectivity index (χ2v) is 4.07. The van der Waals surface area contributed by atoms with Gasteiger partial charge in [-0.1, -0.05) is 43.0 Å². The number of hydrogen-bond acceptors (Lipinski definition) is 1. The Morgan fingerprint density at radius 1 is 1.27 bits per heavy atom. The summed E-state index contributed by atoms with van der Waals surface area (Å²) in [7, 11) is 0. The van der Waals surface area contributed by atoms with Gasteiger partial charge in [-0.3, -0.25) is 0 Å². The average Bonchev–Trinajstić information content (AvgIpc) is 2.30. The molecule has 0 aromatic heterocycles. The summed E-state index contributed by atoms with van der Waals surface area (Å²) in [6.45, 7) is 3.76. The van der Waals surface area contributed by atoms with E-state index in [0.717, 1.165) is 30.4 Å². The predicted octanol–water partition coefficient (Wildman–Crippen LogP) is 3.17. The van der Waals surface area contributed by atoms with Crippen LogP contribution in [0.2, 0.25) is 0 Å². The van der Waals surface area contributed by atoms with Gasteiger partial charge in [0.15, 0.2) is 0 Å². The van der Waals surface area contributed by atoms with Crippen LogP contribution in [0, 0.1) is 0 Å². The second kappa shape index (κ2) is 4.03. The molecule has 1 heteroatoms. The highest BCUT2D eigenvalue weighted by Crippen LogP contribution is 2.35. The molecule has 1 nitrogen and oxygen atoms in total. The van der Waals surface area contributed by atoms with Crippen molar-refractivity contribution in [3.8, 4) is 0 Å². The lowest BCUT2D eigenvalue weighted by atomic mass is 9.81. The Morgan fingerprint density at radius 2 is 2.00 bits per heavy atom. The fourth-order valence-electron chi connectivity index (χ4n) is 2.13. The minimum Gasteiger partial charge on any atom is -0.381 e. The maximum atomic E-state index is 10.5. The van der Waals surface area contributed by atoms with Gasteiger partial charge in [-0.05, 0) is 36.5 Å². The maximum absolute atomic E-state index is 10.5. The van der Waals surface area contributed by atoms with Crippen molar-refractivity contribution in [1.82, 2.24) is 0 Å². The zero-order chi connectivity index (χ0) is 10.7. The fourth-order valence-corrected chi connectivity index (χ4v) is 2.13. The highest BCUT2D eigenvalue weighted by molar-refractivity contribution is 5.33. The Morgan fingerprint density at radius 3 is 2.67 bits per heavy atom. The van der Waals surface area contributed by atoms with E-state index in [-0.39, 0.29) is 0 Å². The third-order valence-electron chi connectivity index (χ3n) is 2.98. The number of benzene rings is 1. The van der Waals surface area contributed by atoms with Crippen molar-refractivity contribution in [1.29, 1.82) is 0 Å². The molecule has 0 saturated carbocycles. The number of hydrogen-bond donors (Lipinski definition) is 1. The minimum atomic E-state index is -0.789. The Balaban J connectivity index is 2.38. The Hall–Kier alpha value is -1.34. The van der Waals surface area contributed by atoms with E-state index in [4.69, 9.17) is 0 Å². The SMILES string of the molecule is C=CC1=CC(O)(c2ccccc2)CCC1. The molecule has 0 aliphatic heterocycles. The lowest BCUT2D eigenvalue weighted by Crippen LogP contribution is -2.25. The van der Waals surface area contributed by atoms with Crippen LogP contribution in [0.5, 0.6) is 0 Å². The molecule has 15 heavy (non-hydrogen) atoms. The predicted molar refractivity (Wildman–Crippen MR) is 62.5 cm³/mol. The van der Waals surface area contributed by atoms with Gasteiger partial charge < -0.3 is 5.11 Å². The quantitative estimate of drug-likeness (QED) is 0.777. The summed E-state index contributed by atoms with van der Waals surface area (Å²) in [5.74, 6) is 0. The molecule has 0 heterocycles. The second-order valence-electron chi connectivity index (χ2n) is 4.07. The molecule has 0 saturated heterocycles. The summed E-state index contributed by atoms with van der Waals surface area (Å²) in [5, 5.41) is 10.5. The van der Waals surface area contributed by atoms with E-state index in [2.05, 4.69) is 6.58 Å². The monoisotopic (exact) mass is 200 g/mol. The standard InChI is InChI=1S/C14H16O/c1-2-12-7-6-10-14(15,11-12)13-8-4-3-5-9-13/h2-5,8-9,11,15H,1,6-7,10H2. The van der Waals surface area contributed by atoms with E-state index in [1.54, 1.807) is 0 Å². The van der Waals surface area contributed by atoms with Gasteiger partial charge in [0, 0.05) is 0 Å². The van der Waals surface area contributed by atoms with Crippen LogP contribution in [-0.2, 0) is 5.60 Å². The zero-order valence-electron chi connectivity index (χ0n) is 8.82. The van der Waals surface area contributed by atoms with E-state index >= 15 is 0 Å². The van der Waals surface area contributed by atoms with E-state index in [9.17, 15) is 5.11 Å².